The average Bonchev–Trinajstić information content (AvgIpc) is 3.63. The van der Waals surface area contributed by atoms with Crippen LogP contribution in [0.15, 0.2) is 61.1 Å². The van der Waals surface area contributed by atoms with Crippen molar-refractivity contribution < 1.29 is 9.18 Å². The fraction of sp³-hybridized carbons (Fsp3) is 0.296. The molecule has 0 spiro atoms. The molecule has 0 unspecified atom stereocenters. The maximum absolute atomic E-state index is 15.2. The summed E-state index contributed by atoms with van der Waals surface area (Å²) in [5, 5.41) is 4.07. The van der Waals surface area contributed by atoms with E-state index in [1.807, 2.05) is 36.3 Å². The van der Waals surface area contributed by atoms with E-state index in [9.17, 15) is 4.79 Å². The molecule has 0 radical (unpaired) electrons. The van der Waals surface area contributed by atoms with Crippen LogP contribution in [0.5, 0.6) is 0 Å². The number of hydrogen-bond donors (Lipinski definition) is 2. The molecule has 3 heterocycles. The smallest absolute Gasteiger partial charge is 0.251 e. The molecule has 1 amide bonds. The number of aromatic nitrogens is 3. The summed E-state index contributed by atoms with van der Waals surface area (Å²) < 4.78 is 15.2. The molecule has 1 aliphatic carbocycles. The van der Waals surface area contributed by atoms with Crippen LogP contribution in [0.3, 0.4) is 0 Å². The summed E-state index contributed by atoms with van der Waals surface area (Å²) in [4.78, 5) is 28.9. The third-order valence-electron chi connectivity index (χ3n) is 7.37. The van der Waals surface area contributed by atoms with Crippen LogP contribution in [0.1, 0.15) is 40.4 Å². The molecular formula is C27H27FN6O. The number of amides is 1. The van der Waals surface area contributed by atoms with Crippen LogP contribution >= 0.6 is 0 Å². The predicted molar refractivity (Wildman–Crippen MR) is 134 cm³/mol. The zero-order valence-electron chi connectivity index (χ0n) is 19.5. The van der Waals surface area contributed by atoms with Gasteiger partial charge < -0.3 is 20.1 Å². The molecule has 0 saturated carbocycles. The third-order valence-corrected chi connectivity index (χ3v) is 7.37. The number of aromatic amines is 1. The number of likely N-dealkylation sites (N-methyl/N-ethyl adjacent to an activating group) is 1. The summed E-state index contributed by atoms with van der Waals surface area (Å²) in [5.74, 6) is 0.264. The van der Waals surface area contributed by atoms with E-state index in [4.69, 9.17) is 0 Å². The Morgan fingerprint density at radius 2 is 2.06 bits per heavy atom. The quantitative estimate of drug-likeness (QED) is 0.457. The van der Waals surface area contributed by atoms with Crippen molar-refractivity contribution in [3.05, 3.63) is 83.6 Å². The topological polar surface area (TPSA) is 77.2 Å². The molecule has 2 aromatic heterocycles. The molecular weight excluding hydrogens is 443 g/mol. The van der Waals surface area contributed by atoms with Gasteiger partial charge in [-0.2, -0.15) is 0 Å². The van der Waals surface area contributed by atoms with Crippen LogP contribution in [0.2, 0.25) is 0 Å². The average molecular weight is 471 g/mol. The van der Waals surface area contributed by atoms with Gasteiger partial charge in [-0.1, -0.05) is 24.3 Å². The van der Waals surface area contributed by atoms with Crippen molar-refractivity contribution in [1.29, 1.82) is 0 Å². The molecule has 2 atom stereocenters. The zero-order chi connectivity index (χ0) is 23.9. The lowest BCUT2D eigenvalue weighted by molar-refractivity contribution is 0.0936. The highest BCUT2D eigenvalue weighted by molar-refractivity contribution is 5.95. The Morgan fingerprint density at radius 1 is 1.17 bits per heavy atom. The van der Waals surface area contributed by atoms with E-state index < -0.39 is 0 Å². The largest absolute Gasteiger partial charge is 0.367 e. The molecule has 1 aliphatic heterocycles. The molecule has 1 saturated heterocycles. The van der Waals surface area contributed by atoms with Gasteiger partial charge in [-0.25, -0.2) is 14.4 Å². The SMILES string of the molecule is CN(c1ccc(C(=O)N[C@H]2CCc3ccccc32)cc1F)[C@@H]1CCN(c2ncnc3[nH]ccc23)C1. The first kappa shape index (κ1) is 21.6. The molecule has 2 aliphatic rings. The first-order chi connectivity index (χ1) is 17.1. The lowest BCUT2D eigenvalue weighted by Crippen LogP contribution is -2.35. The Labute approximate surface area is 203 Å². The van der Waals surface area contributed by atoms with Crippen LogP contribution in [-0.2, 0) is 6.42 Å². The molecule has 35 heavy (non-hydrogen) atoms. The molecule has 2 N–H and O–H groups in total. The van der Waals surface area contributed by atoms with Crippen LogP contribution in [0.25, 0.3) is 11.0 Å². The summed E-state index contributed by atoms with van der Waals surface area (Å²) in [6.45, 7) is 1.56. The molecule has 2 aromatic carbocycles. The van der Waals surface area contributed by atoms with E-state index in [0.717, 1.165) is 54.8 Å². The van der Waals surface area contributed by atoms with Crippen molar-refractivity contribution in [1.82, 2.24) is 20.3 Å². The maximum atomic E-state index is 15.2. The number of nitrogens with one attached hydrogen (secondary N) is 2. The number of carbonyl (C=O) groups is 1. The number of benzene rings is 2. The monoisotopic (exact) mass is 470 g/mol. The standard InChI is InChI=1S/C27H27FN6O/c1-33(19-11-13-34(15-19)26-21-10-12-29-25(21)30-16-31-26)24-9-7-18(14-22(24)28)27(35)32-23-8-6-17-4-2-3-5-20(17)23/h2-5,7,9-10,12,14,16,19,23H,6,8,11,13,15H2,1H3,(H,32,35)(H,29,30,31)/t19-,23+/m1/s1. The number of carbonyl (C=O) groups excluding carboxylic acids is 1. The van der Waals surface area contributed by atoms with Crippen LogP contribution in [0, 0.1) is 5.82 Å². The molecule has 0 bridgehead atoms. The fourth-order valence-corrected chi connectivity index (χ4v) is 5.44. The van der Waals surface area contributed by atoms with Crippen LogP contribution < -0.4 is 15.1 Å². The minimum absolute atomic E-state index is 0.0260. The van der Waals surface area contributed by atoms with Gasteiger partial charge in [-0.05, 0) is 54.7 Å². The highest BCUT2D eigenvalue weighted by Gasteiger charge is 2.30. The van der Waals surface area contributed by atoms with E-state index in [1.54, 1.807) is 18.5 Å². The maximum Gasteiger partial charge on any atom is 0.251 e. The zero-order valence-corrected chi connectivity index (χ0v) is 19.5. The fourth-order valence-electron chi connectivity index (χ4n) is 5.44. The van der Waals surface area contributed by atoms with Crippen molar-refractivity contribution >= 4 is 28.4 Å². The van der Waals surface area contributed by atoms with Gasteiger partial charge in [0.1, 0.15) is 23.6 Å². The van der Waals surface area contributed by atoms with E-state index in [-0.39, 0.29) is 23.8 Å². The van der Waals surface area contributed by atoms with Crippen molar-refractivity contribution in [3.8, 4) is 0 Å². The second-order valence-corrected chi connectivity index (χ2v) is 9.37. The van der Waals surface area contributed by atoms with Gasteiger partial charge in [0, 0.05) is 37.9 Å². The Hall–Kier alpha value is -3.94. The summed E-state index contributed by atoms with van der Waals surface area (Å²) in [7, 11) is 1.91. The number of rotatable bonds is 5. The normalized spacial score (nSPS) is 19.2. The molecule has 1 fully saturated rings. The number of fused-ring (bicyclic) bond motifs is 2. The van der Waals surface area contributed by atoms with Gasteiger partial charge in [0.15, 0.2) is 0 Å². The van der Waals surface area contributed by atoms with E-state index in [1.165, 1.54) is 11.6 Å². The summed E-state index contributed by atoms with van der Waals surface area (Å²) in [6.07, 6.45) is 6.13. The van der Waals surface area contributed by atoms with Gasteiger partial charge in [-0.3, -0.25) is 4.79 Å². The number of anilines is 2. The Kier molecular flexibility index (Phi) is 5.36. The highest BCUT2D eigenvalue weighted by atomic mass is 19.1. The summed E-state index contributed by atoms with van der Waals surface area (Å²) in [6, 6.07) is 15.0. The minimum atomic E-state index is -0.388. The third kappa shape index (κ3) is 3.88. The molecule has 8 heteroatoms. The van der Waals surface area contributed by atoms with Gasteiger partial charge >= 0.3 is 0 Å². The Bertz CT molecular complexity index is 1400. The summed E-state index contributed by atoms with van der Waals surface area (Å²) in [5.41, 5.74) is 4.07. The summed E-state index contributed by atoms with van der Waals surface area (Å²) >= 11 is 0. The van der Waals surface area contributed by atoms with Gasteiger partial charge in [0.05, 0.1) is 17.1 Å². The van der Waals surface area contributed by atoms with Gasteiger partial charge in [-0.15, -0.1) is 0 Å². The lowest BCUT2D eigenvalue weighted by atomic mass is 10.1. The van der Waals surface area contributed by atoms with E-state index >= 15 is 4.39 Å². The Balaban J connectivity index is 1.15. The minimum Gasteiger partial charge on any atom is -0.367 e. The number of nitrogens with zero attached hydrogens (tertiary/aromatic N) is 4. The van der Waals surface area contributed by atoms with Crippen molar-refractivity contribution in [2.24, 2.45) is 0 Å². The molecule has 6 rings (SSSR count). The predicted octanol–water partition coefficient (Wildman–Crippen LogP) is 4.23. The second-order valence-electron chi connectivity index (χ2n) is 9.37. The first-order valence-electron chi connectivity index (χ1n) is 12.0. The van der Waals surface area contributed by atoms with Crippen LogP contribution in [-0.4, -0.2) is 47.0 Å². The number of hydrogen-bond acceptors (Lipinski definition) is 5. The van der Waals surface area contributed by atoms with Crippen molar-refractivity contribution in [3.63, 3.8) is 0 Å². The Morgan fingerprint density at radius 3 is 2.94 bits per heavy atom. The number of aryl methyl sites for hydroxylation is 1. The van der Waals surface area contributed by atoms with E-state index in [2.05, 4.69) is 37.3 Å². The first-order valence-corrected chi connectivity index (χ1v) is 12.0. The highest BCUT2D eigenvalue weighted by Crippen LogP contribution is 2.32. The molecule has 178 valence electrons. The van der Waals surface area contributed by atoms with Gasteiger partial charge in [0.2, 0.25) is 0 Å². The van der Waals surface area contributed by atoms with Crippen molar-refractivity contribution in [2.45, 2.75) is 31.3 Å². The lowest BCUT2D eigenvalue weighted by Gasteiger charge is -2.28. The van der Waals surface area contributed by atoms with Crippen molar-refractivity contribution in [2.75, 3.05) is 29.9 Å². The molecule has 7 nitrogen and oxygen atoms in total. The second kappa shape index (κ2) is 8.69. The van der Waals surface area contributed by atoms with Crippen LogP contribution in [0.4, 0.5) is 15.9 Å². The van der Waals surface area contributed by atoms with Gasteiger partial charge in [0.25, 0.3) is 5.91 Å². The number of H-pyrrole nitrogens is 1. The molecule has 4 aromatic rings. The van der Waals surface area contributed by atoms with E-state index in [0.29, 0.717) is 11.3 Å². The number of halogens is 1.